The minimum atomic E-state index is -0.210. The molecule has 0 atom stereocenters. The van der Waals surface area contributed by atoms with Crippen molar-refractivity contribution in [2.24, 2.45) is 0 Å². The fourth-order valence-electron chi connectivity index (χ4n) is 8.91. The third-order valence-electron chi connectivity index (χ3n) is 11.4. The molecule has 3 heterocycles. The van der Waals surface area contributed by atoms with E-state index in [1.165, 1.54) is 27.5 Å². The molecule has 0 aliphatic heterocycles. The Balaban J connectivity index is 1.15. The molecule has 11 rings (SSSR count). The van der Waals surface area contributed by atoms with Crippen LogP contribution in [0.5, 0.6) is 0 Å². The van der Waals surface area contributed by atoms with E-state index in [4.69, 9.17) is 4.42 Å². The molecule has 5 nitrogen and oxygen atoms in total. The first-order valence-corrected chi connectivity index (χ1v) is 17.5. The van der Waals surface area contributed by atoms with E-state index in [0.29, 0.717) is 11.1 Å². The van der Waals surface area contributed by atoms with Gasteiger partial charge in [0.05, 0.1) is 45.3 Å². The van der Waals surface area contributed by atoms with E-state index in [1.807, 2.05) is 36.4 Å². The van der Waals surface area contributed by atoms with Gasteiger partial charge in [0.1, 0.15) is 11.2 Å². The standard InChI is InChI=1S/C47H28N4O/c1-47(2)39-15-11-27(25-48)19-33(39)34-23-36-32-8-4-6-10-42(32)51(44(36)24-40(34)47)30-14-18-46-38(22-30)37-21-29(13-17-45(37)52-46)50-41-9-5-3-7-31(41)35-20-28(26-49)12-16-43(35)50/h3-24H,1-2H3. The molecule has 0 amide bonds. The molecule has 0 unspecified atom stereocenters. The molecule has 10 aromatic rings. The summed E-state index contributed by atoms with van der Waals surface area (Å²) in [5, 5.41) is 26.0. The summed E-state index contributed by atoms with van der Waals surface area (Å²) in [6.45, 7) is 4.56. The molecular formula is C47H28N4O. The maximum atomic E-state index is 9.71. The van der Waals surface area contributed by atoms with Gasteiger partial charge in [-0.15, -0.1) is 0 Å². The molecule has 1 aliphatic rings. The predicted molar refractivity (Wildman–Crippen MR) is 209 cm³/mol. The van der Waals surface area contributed by atoms with Crippen molar-refractivity contribution in [1.82, 2.24) is 9.13 Å². The molecule has 52 heavy (non-hydrogen) atoms. The number of benzene rings is 7. The zero-order chi connectivity index (χ0) is 34.9. The lowest BCUT2D eigenvalue weighted by Crippen LogP contribution is -2.15. The highest BCUT2D eigenvalue weighted by Crippen LogP contribution is 2.51. The van der Waals surface area contributed by atoms with Crippen LogP contribution in [0.1, 0.15) is 36.1 Å². The fraction of sp³-hybridized carbons (Fsp3) is 0.0638. The van der Waals surface area contributed by atoms with Crippen molar-refractivity contribution < 1.29 is 4.42 Å². The number of hydrogen-bond donors (Lipinski definition) is 0. The molecule has 0 saturated heterocycles. The van der Waals surface area contributed by atoms with Gasteiger partial charge in [-0.25, -0.2) is 0 Å². The second kappa shape index (κ2) is 10.0. The molecule has 1 aliphatic carbocycles. The Hall–Kier alpha value is -7.08. The van der Waals surface area contributed by atoms with Crippen LogP contribution >= 0.6 is 0 Å². The molecule has 0 radical (unpaired) electrons. The summed E-state index contributed by atoms with van der Waals surface area (Å²) in [6.07, 6.45) is 0. The lowest BCUT2D eigenvalue weighted by atomic mass is 9.82. The number of hydrogen-bond acceptors (Lipinski definition) is 3. The third-order valence-corrected chi connectivity index (χ3v) is 11.4. The van der Waals surface area contributed by atoms with Gasteiger partial charge in [0.15, 0.2) is 0 Å². The van der Waals surface area contributed by atoms with Gasteiger partial charge in [-0.3, -0.25) is 0 Å². The molecule has 0 fully saturated rings. The van der Waals surface area contributed by atoms with E-state index in [1.54, 1.807) is 0 Å². The van der Waals surface area contributed by atoms with Gasteiger partial charge in [0.2, 0.25) is 0 Å². The highest BCUT2D eigenvalue weighted by Gasteiger charge is 2.36. The van der Waals surface area contributed by atoms with E-state index in [0.717, 1.165) is 71.7 Å². The molecule has 0 spiro atoms. The van der Waals surface area contributed by atoms with Crippen LogP contribution in [0.3, 0.4) is 0 Å². The minimum absolute atomic E-state index is 0.210. The first kappa shape index (κ1) is 28.7. The molecular weight excluding hydrogens is 637 g/mol. The number of aromatic nitrogens is 2. The van der Waals surface area contributed by atoms with Crippen molar-refractivity contribution in [2.75, 3.05) is 0 Å². The first-order chi connectivity index (χ1) is 25.4. The van der Waals surface area contributed by atoms with E-state index in [9.17, 15) is 10.5 Å². The summed E-state index contributed by atoms with van der Waals surface area (Å²) >= 11 is 0. The van der Waals surface area contributed by atoms with E-state index >= 15 is 0 Å². The van der Waals surface area contributed by atoms with Gasteiger partial charge in [0, 0.05) is 49.1 Å². The van der Waals surface area contributed by atoms with Gasteiger partial charge in [-0.2, -0.15) is 10.5 Å². The number of rotatable bonds is 2. The normalized spacial score (nSPS) is 13.3. The van der Waals surface area contributed by atoms with Crippen LogP contribution in [-0.2, 0) is 5.41 Å². The van der Waals surface area contributed by atoms with Gasteiger partial charge in [-0.05, 0) is 113 Å². The van der Waals surface area contributed by atoms with Crippen LogP contribution in [0.15, 0.2) is 138 Å². The number of nitrogens with zero attached hydrogens (tertiary/aromatic N) is 4. The summed E-state index contributed by atoms with van der Waals surface area (Å²) in [4.78, 5) is 0. The summed E-state index contributed by atoms with van der Waals surface area (Å²) < 4.78 is 11.1. The zero-order valence-corrected chi connectivity index (χ0v) is 28.4. The lowest BCUT2D eigenvalue weighted by Gasteiger charge is -2.21. The Morgan fingerprint density at radius 3 is 1.65 bits per heavy atom. The van der Waals surface area contributed by atoms with Gasteiger partial charge in [0.25, 0.3) is 0 Å². The van der Waals surface area contributed by atoms with Gasteiger partial charge >= 0.3 is 0 Å². The largest absolute Gasteiger partial charge is 0.456 e. The van der Waals surface area contributed by atoms with Gasteiger partial charge < -0.3 is 13.6 Å². The number of nitriles is 2. The quantitative estimate of drug-likeness (QED) is 0.185. The Kier molecular flexibility index (Phi) is 5.53. The van der Waals surface area contributed by atoms with Crippen molar-refractivity contribution in [2.45, 2.75) is 19.3 Å². The van der Waals surface area contributed by atoms with Crippen LogP contribution in [0.4, 0.5) is 0 Å². The minimum Gasteiger partial charge on any atom is -0.456 e. The van der Waals surface area contributed by atoms with Crippen LogP contribution in [0.2, 0.25) is 0 Å². The smallest absolute Gasteiger partial charge is 0.135 e. The Morgan fingerprint density at radius 2 is 1.00 bits per heavy atom. The average molecular weight is 665 g/mol. The molecule has 0 bridgehead atoms. The van der Waals surface area contributed by atoms with Crippen molar-refractivity contribution in [3.8, 4) is 34.6 Å². The van der Waals surface area contributed by atoms with Crippen LogP contribution < -0.4 is 0 Å². The fourth-order valence-corrected chi connectivity index (χ4v) is 8.91. The van der Waals surface area contributed by atoms with E-state index < -0.39 is 0 Å². The SMILES string of the molecule is CC1(C)c2ccc(C#N)cc2-c2cc3c4ccccc4n(-c4ccc5oc6ccc(-n7c8ccccc8c8cc(C#N)ccc87)cc6c5c4)c3cc21. The Morgan fingerprint density at radius 1 is 0.462 bits per heavy atom. The van der Waals surface area contributed by atoms with Crippen molar-refractivity contribution in [3.05, 3.63) is 156 Å². The van der Waals surface area contributed by atoms with Crippen LogP contribution in [0.25, 0.3) is 88.1 Å². The number of fused-ring (bicyclic) bond motifs is 12. The topological polar surface area (TPSA) is 70.6 Å². The van der Waals surface area contributed by atoms with E-state index in [-0.39, 0.29) is 5.41 Å². The van der Waals surface area contributed by atoms with Gasteiger partial charge in [-0.1, -0.05) is 56.3 Å². The summed E-state index contributed by atoms with van der Waals surface area (Å²) in [5.41, 5.74) is 14.2. The Labute approximate surface area is 298 Å². The Bertz CT molecular complexity index is 3300. The molecule has 0 N–H and O–H groups in total. The third kappa shape index (κ3) is 3.69. The van der Waals surface area contributed by atoms with Crippen molar-refractivity contribution in [3.63, 3.8) is 0 Å². The maximum Gasteiger partial charge on any atom is 0.135 e. The monoisotopic (exact) mass is 664 g/mol. The second-order valence-corrected chi connectivity index (χ2v) is 14.4. The molecule has 242 valence electrons. The highest BCUT2D eigenvalue weighted by molar-refractivity contribution is 6.13. The second-order valence-electron chi connectivity index (χ2n) is 14.4. The van der Waals surface area contributed by atoms with Crippen LogP contribution in [0, 0.1) is 22.7 Å². The van der Waals surface area contributed by atoms with Crippen molar-refractivity contribution >= 4 is 65.6 Å². The van der Waals surface area contributed by atoms with Crippen molar-refractivity contribution in [1.29, 1.82) is 10.5 Å². The molecule has 3 aromatic heterocycles. The summed E-state index contributed by atoms with van der Waals surface area (Å²) in [7, 11) is 0. The summed E-state index contributed by atoms with van der Waals surface area (Å²) in [6, 6.07) is 51.3. The molecule has 0 saturated carbocycles. The number of furan rings is 1. The highest BCUT2D eigenvalue weighted by atomic mass is 16.3. The first-order valence-electron chi connectivity index (χ1n) is 17.5. The number of para-hydroxylation sites is 2. The lowest BCUT2D eigenvalue weighted by molar-refractivity contribution is 0.661. The average Bonchev–Trinajstić information content (AvgIpc) is 3.88. The molecule has 5 heteroatoms. The summed E-state index contributed by atoms with van der Waals surface area (Å²) in [5.74, 6) is 0. The van der Waals surface area contributed by atoms with E-state index in [2.05, 4.69) is 132 Å². The molecule has 7 aromatic carbocycles. The maximum absolute atomic E-state index is 9.71. The van der Waals surface area contributed by atoms with Crippen LogP contribution in [-0.4, -0.2) is 9.13 Å². The zero-order valence-electron chi connectivity index (χ0n) is 28.4. The predicted octanol–water partition coefficient (Wildman–Crippen LogP) is 11.8.